The summed E-state index contributed by atoms with van der Waals surface area (Å²) >= 11 is 5.71. The molecule has 0 bridgehead atoms. The van der Waals surface area contributed by atoms with Crippen molar-refractivity contribution in [2.75, 3.05) is 0 Å². The maximum atomic E-state index is 11.2. The SMILES string of the molecule is O=C(O)CCCC(=O)Oc1cccc(Cl)c1. The van der Waals surface area contributed by atoms with Crippen molar-refractivity contribution in [3.63, 3.8) is 0 Å². The van der Waals surface area contributed by atoms with Crippen molar-refractivity contribution in [3.05, 3.63) is 29.3 Å². The first-order valence-corrected chi connectivity index (χ1v) is 5.14. The van der Waals surface area contributed by atoms with Crippen LogP contribution in [-0.4, -0.2) is 17.0 Å². The summed E-state index contributed by atoms with van der Waals surface area (Å²) in [6.45, 7) is 0. The number of rotatable bonds is 5. The molecule has 0 fully saturated rings. The zero-order valence-corrected chi connectivity index (χ0v) is 9.24. The van der Waals surface area contributed by atoms with Gasteiger partial charge < -0.3 is 9.84 Å². The van der Waals surface area contributed by atoms with Gasteiger partial charge in [0.1, 0.15) is 5.75 Å². The van der Waals surface area contributed by atoms with Crippen LogP contribution in [0.15, 0.2) is 24.3 Å². The molecule has 0 saturated heterocycles. The lowest BCUT2D eigenvalue weighted by atomic mass is 10.2. The predicted molar refractivity (Wildman–Crippen MR) is 58.6 cm³/mol. The molecule has 1 rings (SSSR count). The van der Waals surface area contributed by atoms with Gasteiger partial charge in [0.15, 0.2) is 0 Å². The van der Waals surface area contributed by atoms with Crippen LogP contribution >= 0.6 is 11.6 Å². The standard InChI is InChI=1S/C11H11ClO4/c12-8-3-1-4-9(7-8)16-11(15)6-2-5-10(13)14/h1,3-4,7H,2,5-6H2,(H,13,14). The lowest BCUT2D eigenvalue weighted by Crippen LogP contribution is -2.08. The smallest absolute Gasteiger partial charge is 0.311 e. The molecular formula is C11H11ClO4. The Morgan fingerprint density at radius 1 is 1.31 bits per heavy atom. The number of hydrogen-bond donors (Lipinski definition) is 1. The van der Waals surface area contributed by atoms with E-state index in [1.165, 1.54) is 6.07 Å². The fraction of sp³-hybridized carbons (Fsp3) is 0.273. The quantitative estimate of drug-likeness (QED) is 0.637. The molecule has 1 N–H and O–H groups in total. The molecule has 0 saturated carbocycles. The minimum absolute atomic E-state index is 0.0371. The van der Waals surface area contributed by atoms with Crippen LogP contribution in [0.3, 0.4) is 0 Å². The molecule has 0 atom stereocenters. The Hall–Kier alpha value is -1.55. The van der Waals surface area contributed by atoms with E-state index in [1.807, 2.05) is 0 Å². The largest absolute Gasteiger partial charge is 0.481 e. The van der Waals surface area contributed by atoms with E-state index in [4.69, 9.17) is 21.4 Å². The van der Waals surface area contributed by atoms with E-state index in [0.29, 0.717) is 10.8 Å². The minimum Gasteiger partial charge on any atom is -0.481 e. The summed E-state index contributed by atoms with van der Waals surface area (Å²) in [7, 11) is 0. The van der Waals surface area contributed by atoms with Crippen LogP contribution in [0.1, 0.15) is 19.3 Å². The van der Waals surface area contributed by atoms with Gasteiger partial charge in [0.05, 0.1) is 0 Å². The lowest BCUT2D eigenvalue weighted by molar-refractivity contribution is -0.137. The van der Waals surface area contributed by atoms with Crippen LogP contribution in [0.25, 0.3) is 0 Å². The third kappa shape index (κ3) is 4.79. The van der Waals surface area contributed by atoms with Gasteiger partial charge >= 0.3 is 11.9 Å². The maximum absolute atomic E-state index is 11.2. The van der Waals surface area contributed by atoms with Crippen molar-refractivity contribution in [3.8, 4) is 5.75 Å². The summed E-state index contributed by atoms with van der Waals surface area (Å²) in [6, 6.07) is 6.48. The van der Waals surface area contributed by atoms with Gasteiger partial charge in [-0.1, -0.05) is 17.7 Å². The Labute approximate surface area is 97.8 Å². The summed E-state index contributed by atoms with van der Waals surface area (Å²) in [5, 5.41) is 8.87. The molecule has 0 spiro atoms. The Balaban J connectivity index is 2.37. The Kier molecular flexibility index (Phi) is 4.79. The minimum atomic E-state index is -0.921. The first-order chi connectivity index (χ1) is 7.58. The molecule has 0 aromatic heterocycles. The third-order valence-electron chi connectivity index (χ3n) is 1.80. The highest BCUT2D eigenvalue weighted by Crippen LogP contribution is 2.17. The number of ether oxygens (including phenoxy) is 1. The van der Waals surface area contributed by atoms with E-state index in [9.17, 15) is 9.59 Å². The highest BCUT2D eigenvalue weighted by molar-refractivity contribution is 6.30. The summed E-state index contributed by atoms with van der Waals surface area (Å²) in [4.78, 5) is 21.5. The molecule has 0 heterocycles. The topological polar surface area (TPSA) is 63.6 Å². The average molecular weight is 243 g/mol. The number of esters is 1. The van der Waals surface area contributed by atoms with E-state index in [2.05, 4.69) is 0 Å². The fourth-order valence-corrected chi connectivity index (χ4v) is 1.28. The summed E-state index contributed by atoms with van der Waals surface area (Å²) in [5.41, 5.74) is 0. The zero-order chi connectivity index (χ0) is 12.0. The van der Waals surface area contributed by atoms with Crippen LogP contribution in [0.5, 0.6) is 5.75 Å². The normalized spacial score (nSPS) is 9.81. The monoisotopic (exact) mass is 242 g/mol. The van der Waals surface area contributed by atoms with Crippen LogP contribution in [-0.2, 0) is 9.59 Å². The molecule has 0 aliphatic carbocycles. The van der Waals surface area contributed by atoms with E-state index >= 15 is 0 Å². The molecule has 0 radical (unpaired) electrons. The highest BCUT2D eigenvalue weighted by atomic mass is 35.5. The van der Waals surface area contributed by atoms with Crippen LogP contribution in [0.4, 0.5) is 0 Å². The van der Waals surface area contributed by atoms with Gasteiger partial charge in [-0.25, -0.2) is 0 Å². The molecular weight excluding hydrogens is 232 g/mol. The van der Waals surface area contributed by atoms with E-state index < -0.39 is 11.9 Å². The number of carbonyl (C=O) groups is 2. The fourth-order valence-electron chi connectivity index (χ4n) is 1.10. The number of carbonyl (C=O) groups excluding carboxylic acids is 1. The lowest BCUT2D eigenvalue weighted by Gasteiger charge is -2.03. The summed E-state index contributed by atoms with van der Waals surface area (Å²) in [5.74, 6) is -1.01. The second-order valence-corrected chi connectivity index (χ2v) is 3.62. The molecule has 1 aromatic carbocycles. The summed E-state index contributed by atoms with van der Waals surface area (Å²) in [6.07, 6.45) is 0.318. The maximum Gasteiger partial charge on any atom is 0.311 e. The van der Waals surface area contributed by atoms with Gasteiger partial charge in [-0.15, -0.1) is 0 Å². The second-order valence-electron chi connectivity index (χ2n) is 3.18. The van der Waals surface area contributed by atoms with Gasteiger partial charge in [-0.05, 0) is 24.6 Å². The van der Waals surface area contributed by atoms with Crippen LogP contribution < -0.4 is 4.74 Å². The number of halogens is 1. The first kappa shape index (κ1) is 12.5. The van der Waals surface area contributed by atoms with Gasteiger partial charge in [0.25, 0.3) is 0 Å². The number of aliphatic carboxylic acids is 1. The van der Waals surface area contributed by atoms with E-state index in [1.54, 1.807) is 18.2 Å². The Morgan fingerprint density at radius 2 is 2.06 bits per heavy atom. The number of carboxylic acids is 1. The van der Waals surface area contributed by atoms with Gasteiger partial charge in [0.2, 0.25) is 0 Å². The Bertz CT molecular complexity index is 389. The van der Waals surface area contributed by atoms with Crippen molar-refractivity contribution in [1.82, 2.24) is 0 Å². The van der Waals surface area contributed by atoms with Gasteiger partial charge in [-0.2, -0.15) is 0 Å². The zero-order valence-electron chi connectivity index (χ0n) is 8.48. The highest BCUT2D eigenvalue weighted by Gasteiger charge is 2.06. The van der Waals surface area contributed by atoms with Crippen molar-refractivity contribution < 1.29 is 19.4 Å². The average Bonchev–Trinajstić information content (AvgIpc) is 2.16. The molecule has 0 aliphatic heterocycles. The van der Waals surface area contributed by atoms with Crippen LogP contribution in [0, 0.1) is 0 Å². The van der Waals surface area contributed by atoms with Crippen molar-refractivity contribution in [2.24, 2.45) is 0 Å². The molecule has 0 unspecified atom stereocenters. The molecule has 0 amide bonds. The van der Waals surface area contributed by atoms with Crippen molar-refractivity contribution >= 4 is 23.5 Å². The number of benzene rings is 1. The Morgan fingerprint density at radius 3 is 2.69 bits per heavy atom. The molecule has 86 valence electrons. The van der Waals surface area contributed by atoms with Gasteiger partial charge in [0, 0.05) is 17.9 Å². The molecule has 16 heavy (non-hydrogen) atoms. The van der Waals surface area contributed by atoms with Crippen LogP contribution in [0.2, 0.25) is 5.02 Å². The second kappa shape index (κ2) is 6.12. The van der Waals surface area contributed by atoms with Gasteiger partial charge in [-0.3, -0.25) is 9.59 Å². The molecule has 4 nitrogen and oxygen atoms in total. The van der Waals surface area contributed by atoms with Crippen molar-refractivity contribution in [2.45, 2.75) is 19.3 Å². The summed E-state index contributed by atoms with van der Waals surface area (Å²) < 4.78 is 4.96. The predicted octanol–water partition coefficient (Wildman–Crippen LogP) is 2.50. The molecule has 0 aliphatic rings. The third-order valence-corrected chi connectivity index (χ3v) is 2.03. The van der Waals surface area contributed by atoms with Crippen molar-refractivity contribution in [1.29, 1.82) is 0 Å². The molecule has 1 aromatic rings. The number of hydrogen-bond acceptors (Lipinski definition) is 3. The number of carboxylic acid groups (broad SMARTS) is 1. The van der Waals surface area contributed by atoms with E-state index in [0.717, 1.165) is 0 Å². The first-order valence-electron chi connectivity index (χ1n) is 4.76. The van der Waals surface area contributed by atoms with E-state index in [-0.39, 0.29) is 19.3 Å². The molecule has 5 heteroatoms.